The molecule has 0 radical (unpaired) electrons. The number of aromatic nitrogens is 2. The molecule has 1 aliphatic heterocycles. The first-order chi connectivity index (χ1) is 12.6. The summed E-state index contributed by atoms with van der Waals surface area (Å²) in [6.45, 7) is 3.26. The maximum atomic E-state index is 11.5. The summed E-state index contributed by atoms with van der Waals surface area (Å²) in [5.41, 5.74) is 10.9. The highest BCUT2D eigenvalue weighted by Gasteiger charge is 2.51. The molecule has 27 heavy (non-hydrogen) atoms. The van der Waals surface area contributed by atoms with E-state index < -0.39 is 48.4 Å². The second-order valence-corrected chi connectivity index (χ2v) is 5.77. The molecule has 4 atom stereocenters. The number of primary amides is 1. The van der Waals surface area contributed by atoms with E-state index in [4.69, 9.17) is 30.4 Å². The van der Waals surface area contributed by atoms with Gasteiger partial charge in [0.05, 0.1) is 6.33 Å². The number of esters is 3. The van der Waals surface area contributed by atoms with E-state index in [-0.39, 0.29) is 18.1 Å². The molecule has 1 saturated heterocycles. The van der Waals surface area contributed by atoms with Crippen LogP contribution in [0.4, 0.5) is 5.82 Å². The molecular weight excluding hydrogens is 365 g/mol. The van der Waals surface area contributed by atoms with Crippen molar-refractivity contribution in [2.75, 3.05) is 12.3 Å². The van der Waals surface area contributed by atoms with E-state index in [9.17, 15) is 19.2 Å². The number of imidazole rings is 1. The van der Waals surface area contributed by atoms with E-state index in [1.54, 1.807) is 0 Å². The van der Waals surface area contributed by atoms with E-state index in [1.807, 2.05) is 0 Å². The second kappa shape index (κ2) is 8.03. The molecule has 1 aliphatic rings. The number of carbonyl (C=O) groups is 4. The lowest BCUT2D eigenvalue weighted by Crippen LogP contribution is -2.40. The molecule has 2 rings (SSSR count). The van der Waals surface area contributed by atoms with Crippen LogP contribution in [0.5, 0.6) is 0 Å². The number of ether oxygens (including phenoxy) is 4. The molecule has 0 bridgehead atoms. The Morgan fingerprint density at radius 2 is 1.70 bits per heavy atom. The van der Waals surface area contributed by atoms with Gasteiger partial charge in [-0.15, -0.1) is 0 Å². The average Bonchev–Trinajstić information content (AvgIpc) is 3.06. The van der Waals surface area contributed by atoms with Gasteiger partial charge in [0.2, 0.25) is 0 Å². The number of hydrogen-bond acceptors (Lipinski definition) is 10. The number of carbonyl (C=O) groups excluding carboxylic acids is 4. The Hall–Kier alpha value is -3.15. The minimum atomic E-state index is -1.14. The molecule has 1 aromatic rings. The van der Waals surface area contributed by atoms with E-state index in [1.165, 1.54) is 17.8 Å². The van der Waals surface area contributed by atoms with Crippen LogP contribution in [0.25, 0.3) is 0 Å². The molecule has 1 amide bonds. The summed E-state index contributed by atoms with van der Waals surface area (Å²) >= 11 is 0. The molecular formula is C15H20N4O8. The Labute approximate surface area is 153 Å². The summed E-state index contributed by atoms with van der Waals surface area (Å²) in [5.74, 6) is -2.90. The molecule has 1 fully saturated rings. The third-order valence-electron chi connectivity index (χ3n) is 3.68. The Kier molecular flexibility index (Phi) is 6.00. The molecule has 12 nitrogen and oxygen atoms in total. The van der Waals surface area contributed by atoms with Gasteiger partial charge < -0.3 is 30.4 Å². The van der Waals surface area contributed by atoms with Crippen molar-refractivity contribution in [3.8, 4) is 0 Å². The number of rotatable bonds is 6. The summed E-state index contributed by atoms with van der Waals surface area (Å²) in [6.07, 6.45) is -3.10. The van der Waals surface area contributed by atoms with Crippen LogP contribution in [0.3, 0.4) is 0 Å². The van der Waals surface area contributed by atoms with Crippen molar-refractivity contribution in [3.63, 3.8) is 0 Å². The number of nitrogens with zero attached hydrogens (tertiary/aromatic N) is 2. The summed E-state index contributed by atoms with van der Waals surface area (Å²) in [5, 5.41) is 0. The number of nitrogen functional groups attached to an aromatic ring is 1. The zero-order chi connectivity index (χ0) is 20.3. The molecule has 0 unspecified atom stereocenters. The van der Waals surface area contributed by atoms with Crippen LogP contribution in [0.15, 0.2) is 6.33 Å². The Morgan fingerprint density at radius 1 is 1.11 bits per heavy atom. The minimum absolute atomic E-state index is 0.126. The maximum Gasteiger partial charge on any atom is 0.303 e. The normalized spacial score (nSPS) is 24.3. The minimum Gasteiger partial charge on any atom is -0.463 e. The van der Waals surface area contributed by atoms with E-state index in [0.29, 0.717) is 0 Å². The number of hydrogen-bond donors (Lipinski definition) is 2. The van der Waals surface area contributed by atoms with Gasteiger partial charge in [0.25, 0.3) is 5.91 Å². The van der Waals surface area contributed by atoms with Crippen LogP contribution in [-0.4, -0.2) is 58.3 Å². The van der Waals surface area contributed by atoms with E-state index in [2.05, 4.69) is 4.98 Å². The zero-order valence-corrected chi connectivity index (χ0v) is 14.9. The predicted molar refractivity (Wildman–Crippen MR) is 86.8 cm³/mol. The van der Waals surface area contributed by atoms with Gasteiger partial charge in [0.15, 0.2) is 24.1 Å². The number of anilines is 1. The first-order valence-corrected chi connectivity index (χ1v) is 7.87. The van der Waals surface area contributed by atoms with Gasteiger partial charge in [0, 0.05) is 20.8 Å². The zero-order valence-electron chi connectivity index (χ0n) is 14.9. The topological polar surface area (TPSA) is 175 Å². The number of nitrogens with two attached hydrogens (primary N) is 2. The fourth-order valence-corrected chi connectivity index (χ4v) is 2.68. The average molecular weight is 385 g/mol. The van der Waals surface area contributed by atoms with Crippen molar-refractivity contribution in [1.82, 2.24) is 9.55 Å². The predicted octanol–water partition coefficient (Wildman–Crippen LogP) is -1.11. The highest BCUT2D eigenvalue weighted by molar-refractivity contribution is 5.95. The van der Waals surface area contributed by atoms with E-state index >= 15 is 0 Å². The Balaban J connectivity index is 2.41. The van der Waals surface area contributed by atoms with E-state index in [0.717, 1.165) is 13.8 Å². The summed E-state index contributed by atoms with van der Waals surface area (Å²) in [7, 11) is 0. The van der Waals surface area contributed by atoms with Gasteiger partial charge in [0.1, 0.15) is 18.5 Å². The largest absolute Gasteiger partial charge is 0.463 e. The van der Waals surface area contributed by atoms with Crippen molar-refractivity contribution >= 4 is 29.6 Å². The molecule has 0 aliphatic carbocycles. The number of amides is 1. The molecule has 0 aromatic carbocycles. The Bertz CT molecular complexity index is 761. The van der Waals surface area contributed by atoms with Crippen molar-refractivity contribution in [2.45, 2.75) is 45.3 Å². The molecule has 0 spiro atoms. The fourth-order valence-electron chi connectivity index (χ4n) is 2.68. The molecule has 148 valence electrons. The van der Waals surface area contributed by atoms with Gasteiger partial charge in [-0.3, -0.25) is 23.7 Å². The third-order valence-corrected chi connectivity index (χ3v) is 3.68. The third kappa shape index (κ3) is 4.53. The van der Waals surface area contributed by atoms with Crippen LogP contribution in [0, 0.1) is 0 Å². The van der Waals surface area contributed by atoms with Crippen molar-refractivity contribution in [2.24, 2.45) is 5.73 Å². The summed E-state index contributed by atoms with van der Waals surface area (Å²) < 4.78 is 22.4. The highest BCUT2D eigenvalue weighted by Crippen LogP contribution is 2.36. The van der Waals surface area contributed by atoms with Gasteiger partial charge >= 0.3 is 17.9 Å². The summed E-state index contributed by atoms with van der Waals surface area (Å²) in [6, 6.07) is 0. The smallest absolute Gasteiger partial charge is 0.303 e. The molecule has 0 saturated carbocycles. The second-order valence-electron chi connectivity index (χ2n) is 5.77. The van der Waals surface area contributed by atoms with Crippen LogP contribution < -0.4 is 11.5 Å². The lowest BCUT2D eigenvalue weighted by molar-refractivity contribution is -0.166. The van der Waals surface area contributed by atoms with Gasteiger partial charge in [-0.05, 0) is 0 Å². The standard InChI is InChI=1S/C15H20N4O8/c1-6(20)24-4-9-11(25-7(2)21)12(26-8(3)22)15(27-9)19-5-18-10(13(19)16)14(17)23/h5,9,11-12,15H,4,16H2,1-3H3,(H2,17,23)/t9-,11-,12-,15-/m1/s1/i17+1. The van der Waals surface area contributed by atoms with Crippen molar-refractivity contribution in [1.29, 1.82) is 0 Å². The molecule has 2 heterocycles. The lowest BCUT2D eigenvalue weighted by Gasteiger charge is -2.24. The monoisotopic (exact) mass is 385 g/mol. The van der Waals surface area contributed by atoms with Crippen LogP contribution in [-0.2, 0) is 33.3 Å². The molecule has 4 N–H and O–H groups in total. The molecule has 12 heteroatoms. The van der Waals surface area contributed by atoms with Crippen LogP contribution in [0.1, 0.15) is 37.5 Å². The first-order valence-electron chi connectivity index (χ1n) is 7.87. The maximum absolute atomic E-state index is 11.5. The SMILES string of the molecule is CC(=O)OC[C@H]1O[C@@H](n2cnc(C([15NH2])=O)c2N)[C@H](OC(C)=O)[C@@H]1OC(C)=O. The quantitative estimate of drug-likeness (QED) is 0.347. The van der Waals surface area contributed by atoms with Gasteiger partial charge in [-0.1, -0.05) is 0 Å². The van der Waals surface area contributed by atoms with Crippen LogP contribution in [0.2, 0.25) is 0 Å². The fraction of sp³-hybridized carbons (Fsp3) is 0.533. The van der Waals surface area contributed by atoms with Crippen LogP contribution >= 0.6 is 0 Å². The van der Waals surface area contributed by atoms with Gasteiger partial charge in [-0.25, -0.2) is 4.98 Å². The van der Waals surface area contributed by atoms with Gasteiger partial charge in [-0.2, -0.15) is 0 Å². The Morgan fingerprint density at radius 3 is 2.19 bits per heavy atom. The molecule has 1 aromatic heterocycles. The summed E-state index contributed by atoms with van der Waals surface area (Å²) in [4.78, 5) is 49.3. The van der Waals surface area contributed by atoms with Crippen molar-refractivity contribution < 1.29 is 38.1 Å². The first kappa shape index (κ1) is 20.2. The lowest BCUT2D eigenvalue weighted by atomic mass is 10.1. The van der Waals surface area contributed by atoms with Crippen molar-refractivity contribution in [3.05, 3.63) is 12.0 Å². The highest BCUT2D eigenvalue weighted by atomic mass is 16.7.